The van der Waals surface area contributed by atoms with Gasteiger partial charge in [0.15, 0.2) is 17.5 Å². The van der Waals surface area contributed by atoms with Crippen molar-refractivity contribution in [3.05, 3.63) is 218 Å². The zero-order chi connectivity index (χ0) is 39.8. The Kier molecular flexibility index (Phi) is 8.75. The van der Waals surface area contributed by atoms with Gasteiger partial charge in [-0.2, -0.15) is 0 Å². The number of hydrogen-bond donors (Lipinski definition) is 0. The van der Waals surface area contributed by atoms with Gasteiger partial charge in [-0.05, 0) is 81.6 Å². The zero-order valence-electron chi connectivity index (χ0n) is 32.5. The standard InChI is InChI=1S/C55H36N4O/c1-4-14-37(15-5-1)43-22-12-23-46(35-43)59(45-30-28-39(29-31-45)44-27-26-38-16-10-11-21-42(38)34-44)47-32-33-48-51(36-47)60-50-25-13-24-49(52(48)50)55-57-53(40-17-6-2-7-18-40)56-54(58-55)41-19-8-3-9-20-41/h1-36H. The zero-order valence-corrected chi connectivity index (χ0v) is 32.5. The van der Waals surface area contributed by atoms with Crippen LogP contribution in [0.15, 0.2) is 223 Å². The molecule has 0 saturated carbocycles. The van der Waals surface area contributed by atoms with E-state index >= 15 is 0 Å². The molecule has 60 heavy (non-hydrogen) atoms. The third kappa shape index (κ3) is 6.54. The second-order valence-corrected chi connectivity index (χ2v) is 14.9. The van der Waals surface area contributed by atoms with E-state index in [1.165, 1.54) is 16.3 Å². The van der Waals surface area contributed by atoms with E-state index in [-0.39, 0.29) is 0 Å². The Hall–Kier alpha value is -8.15. The van der Waals surface area contributed by atoms with Crippen molar-refractivity contribution in [2.75, 3.05) is 4.90 Å². The maximum Gasteiger partial charge on any atom is 0.164 e. The molecule has 0 aliphatic rings. The molecule has 0 atom stereocenters. The Morgan fingerprint density at radius 1 is 0.317 bits per heavy atom. The summed E-state index contributed by atoms with van der Waals surface area (Å²) in [5.41, 5.74) is 12.0. The van der Waals surface area contributed by atoms with Gasteiger partial charge in [-0.3, -0.25) is 0 Å². The second kappa shape index (κ2) is 15.0. The quantitative estimate of drug-likeness (QED) is 0.154. The summed E-state index contributed by atoms with van der Waals surface area (Å²) in [7, 11) is 0. The summed E-state index contributed by atoms with van der Waals surface area (Å²) in [6.07, 6.45) is 0. The van der Waals surface area contributed by atoms with Gasteiger partial charge in [0.1, 0.15) is 11.2 Å². The number of nitrogens with zero attached hydrogens (tertiary/aromatic N) is 4. The minimum Gasteiger partial charge on any atom is -0.456 e. The van der Waals surface area contributed by atoms with Gasteiger partial charge in [0.05, 0.1) is 0 Å². The van der Waals surface area contributed by atoms with Crippen molar-refractivity contribution < 1.29 is 4.42 Å². The number of fused-ring (bicyclic) bond motifs is 4. The van der Waals surface area contributed by atoms with Crippen LogP contribution in [0.25, 0.3) is 89.1 Å². The molecule has 0 saturated heterocycles. The van der Waals surface area contributed by atoms with E-state index in [1.807, 2.05) is 72.8 Å². The predicted octanol–water partition coefficient (Wildman–Crippen LogP) is 14.7. The van der Waals surface area contributed by atoms with Crippen molar-refractivity contribution in [1.29, 1.82) is 0 Å². The molecule has 5 nitrogen and oxygen atoms in total. The molecule has 2 aromatic heterocycles. The number of aromatic nitrogens is 3. The fraction of sp³-hybridized carbons (Fsp3) is 0. The lowest BCUT2D eigenvalue weighted by Crippen LogP contribution is -2.10. The average molecular weight is 769 g/mol. The van der Waals surface area contributed by atoms with Crippen molar-refractivity contribution in [3.8, 4) is 56.4 Å². The Morgan fingerprint density at radius 2 is 0.850 bits per heavy atom. The van der Waals surface area contributed by atoms with Gasteiger partial charge in [0.25, 0.3) is 0 Å². The molecule has 0 bridgehead atoms. The fourth-order valence-corrected chi connectivity index (χ4v) is 8.14. The molecule has 5 heteroatoms. The first kappa shape index (κ1) is 35.0. The van der Waals surface area contributed by atoms with Crippen molar-refractivity contribution in [3.63, 3.8) is 0 Å². The molecule has 9 aromatic carbocycles. The first-order chi connectivity index (χ1) is 29.7. The van der Waals surface area contributed by atoms with Crippen LogP contribution in [-0.4, -0.2) is 15.0 Å². The lowest BCUT2D eigenvalue weighted by Gasteiger charge is -2.26. The van der Waals surface area contributed by atoms with Crippen LogP contribution >= 0.6 is 0 Å². The van der Waals surface area contributed by atoms with Crippen LogP contribution in [0.1, 0.15) is 0 Å². The van der Waals surface area contributed by atoms with Gasteiger partial charge in [0, 0.05) is 50.6 Å². The molecule has 0 radical (unpaired) electrons. The van der Waals surface area contributed by atoms with Crippen molar-refractivity contribution in [2.45, 2.75) is 0 Å². The Balaban J connectivity index is 1.04. The SMILES string of the molecule is c1ccc(-c2cccc(N(c3ccc(-c4ccc5ccccc5c4)cc3)c3ccc4c(c3)oc3cccc(-c5nc(-c6ccccc6)nc(-c6ccccc6)n5)c34)c2)cc1. The van der Waals surface area contributed by atoms with Crippen LogP contribution in [0.2, 0.25) is 0 Å². The van der Waals surface area contributed by atoms with Crippen molar-refractivity contribution in [1.82, 2.24) is 15.0 Å². The maximum absolute atomic E-state index is 6.71. The Morgan fingerprint density at radius 3 is 1.57 bits per heavy atom. The number of rotatable bonds is 8. The largest absolute Gasteiger partial charge is 0.456 e. The molecule has 11 rings (SSSR count). The Labute approximate surface area is 347 Å². The van der Waals surface area contributed by atoms with Gasteiger partial charge < -0.3 is 9.32 Å². The first-order valence-electron chi connectivity index (χ1n) is 20.1. The van der Waals surface area contributed by atoms with Crippen molar-refractivity contribution in [2.24, 2.45) is 0 Å². The molecule has 11 aromatic rings. The molecule has 0 N–H and O–H groups in total. The molecular formula is C55H36N4O. The Bertz CT molecular complexity index is 3250. The summed E-state index contributed by atoms with van der Waals surface area (Å²) in [6, 6.07) is 75.9. The van der Waals surface area contributed by atoms with E-state index in [4.69, 9.17) is 19.4 Å². The van der Waals surface area contributed by atoms with Gasteiger partial charge >= 0.3 is 0 Å². The number of furan rings is 1. The van der Waals surface area contributed by atoms with Crippen LogP contribution in [0.3, 0.4) is 0 Å². The smallest absolute Gasteiger partial charge is 0.164 e. The third-order valence-electron chi connectivity index (χ3n) is 11.1. The summed E-state index contributed by atoms with van der Waals surface area (Å²) < 4.78 is 6.71. The highest BCUT2D eigenvalue weighted by Crippen LogP contribution is 2.42. The second-order valence-electron chi connectivity index (χ2n) is 14.9. The molecule has 0 aliphatic heterocycles. The molecule has 2 heterocycles. The maximum atomic E-state index is 6.71. The van der Waals surface area contributed by atoms with Crippen LogP contribution in [0.5, 0.6) is 0 Å². The fourth-order valence-electron chi connectivity index (χ4n) is 8.14. The number of benzene rings is 9. The molecule has 0 fully saturated rings. The molecule has 0 aliphatic carbocycles. The van der Waals surface area contributed by atoms with E-state index in [1.54, 1.807) is 0 Å². The minimum atomic E-state index is 0.589. The van der Waals surface area contributed by atoms with Crippen LogP contribution < -0.4 is 4.90 Å². The van der Waals surface area contributed by atoms with Crippen LogP contribution in [0, 0.1) is 0 Å². The molecule has 282 valence electrons. The number of hydrogen-bond acceptors (Lipinski definition) is 5. The molecular weight excluding hydrogens is 733 g/mol. The van der Waals surface area contributed by atoms with Gasteiger partial charge in [-0.25, -0.2) is 15.0 Å². The third-order valence-corrected chi connectivity index (χ3v) is 11.1. The van der Waals surface area contributed by atoms with Crippen molar-refractivity contribution >= 4 is 49.8 Å². The minimum absolute atomic E-state index is 0.589. The summed E-state index contributed by atoms with van der Waals surface area (Å²) in [4.78, 5) is 17.4. The summed E-state index contributed by atoms with van der Waals surface area (Å²) >= 11 is 0. The van der Waals surface area contributed by atoms with Crippen LogP contribution in [0.4, 0.5) is 17.1 Å². The molecule has 0 amide bonds. The topological polar surface area (TPSA) is 55.1 Å². The van der Waals surface area contributed by atoms with E-state index < -0.39 is 0 Å². The van der Waals surface area contributed by atoms with E-state index in [9.17, 15) is 0 Å². The lowest BCUT2D eigenvalue weighted by atomic mass is 10.0. The predicted molar refractivity (Wildman–Crippen MR) is 246 cm³/mol. The van der Waals surface area contributed by atoms with E-state index in [0.717, 1.165) is 72.4 Å². The van der Waals surface area contributed by atoms with Crippen LogP contribution in [-0.2, 0) is 0 Å². The highest BCUT2D eigenvalue weighted by atomic mass is 16.3. The van der Waals surface area contributed by atoms with Gasteiger partial charge in [-0.1, -0.05) is 164 Å². The average Bonchev–Trinajstić information content (AvgIpc) is 3.71. The van der Waals surface area contributed by atoms with Gasteiger partial charge in [0.2, 0.25) is 0 Å². The normalized spacial score (nSPS) is 11.3. The van der Waals surface area contributed by atoms with E-state index in [2.05, 4.69) is 150 Å². The van der Waals surface area contributed by atoms with Gasteiger partial charge in [-0.15, -0.1) is 0 Å². The highest BCUT2D eigenvalue weighted by molar-refractivity contribution is 6.12. The lowest BCUT2D eigenvalue weighted by molar-refractivity contribution is 0.669. The highest BCUT2D eigenvalue weighted by Gasteiger charge is 2.20. The molecule has 0 unspecified atom stereocenters. The number of anilines is 3. The summed E-state index contributed by atoms with van der Waals surface area (Å²) in [6.45, 7) is 0. The first-order valence-corrected chi connectivity index (χ1v) is 20.1. The van der Waals surface area contributed by atoms with E-state index in [0.29, 0.717) is 17.5 Å². The summed E-state index contributed by atoms with van der Waals surface area (Å²) in [5, 5.41) is 4.40. The summed E-state index contributed by atoms with van der Waals surface area (Å²) in [5.74, 6) is 1.82. The molecule has 0 spiro atoms. The monoisotopic (exact) mass is 768 g/mol.